The molecule has 94 valence electrons. The first-order valence-corrected chi connectivity index (χ1v) is 7.04. The molecule has 2 heteroatoms. The molecule has 0 aliphatic heterocycles. The molecule has 16 heavy (non-hydrogen) atoms. The zero-order chi connectivity index (χ0) is 11.6. The highest BCUT2D eigenvalue weighted by Crippen LogP contribution is 2.39. The molecule has 0 aromatic carbocycles. The molecule has 2 nitrogen and oxygen atoms in total. The second kappa shape index (κ2) is 5.05. The van der Waals surface area contributed by atoms with E-state index in [9.17, 15) is 5.11 Å². The smallest absolute Gasteiger partial charge is 0.0616 e. The standard InChI is InChI=1S/C14H27NO/c1-11(2)13-5-3-4-8-14(13,10-16)15-9-12-6-7-12/h11-13,15-16H,3-10H2,1-2H3. The lowest BCUT2D eigenvalue weighted by atomic mass is 9.68. The number of rotatable bonds is 5. The minimum Gasteiger partial charge on any atom is -0.394 e. The van der Waals surface area contributed by atoms with Gasteiger partial charge in [-0.1, -0.05) is 26.7 Å². The molecular weight excluding hydrogens is 198 g/mol. The number of aliphatic hydroxyl groups excluding tert-OH is 1. The number of hydrogen-bond donors (Lipinski definition) is 2. The van der Waals surface area contributed by atoms with Crippen molar-refractivity contribution in [3.8, 4) is 0 Å². The van der Waals surface area contributed by atoms with Crippen molar-refractivity contribution in [2.75, 3.05) is 13.2 Å². The van der Waals surface area contributed by atoms with E-state index in [1.165, 1.54) is 38.5 Å². The molecule has 2 aliphatic rings. The molecule has 0 aromatic heterocycles. The van der Waals surface area contributed by atoms with Gasteiger partial charge in [0.2, 0.25) is 0 Å². The summed E-state index contributed by atoms with van der Waals surface area (Å²) in [4.78, 5) is 0. The van der Waals surface area contributed by atoms with Crippen LogP contribution in [-0.2, 0) is 0 Å². The Balaban J connectivity index is 2.00. The lowest BCUT2D eigenvalue weighted by Crippen LogP contribution is -2.57. The van der Waals surface area contributed by atoms with Gasteiger partial charge in [0.25, 0.3) is 0 Å². The van der Waals surface area contributed by atoms with Crippen LogP contribution in [0.4, 0.5) is 0 Å². The van der Waals surface area contributed by atoms with Gasteiger partial charge < -0.3 is 10.4 Å². The third-order valence-electron chi connectivity index (χ3n) is 4.62. The average Bonchev–Trinajstić information content (AvgIpc) is 3.10. The van der Waals surface area contributed by atoms with Crippen molar-refractivity contribution in [2.45, 2.75) is 57.9 Å². The maximum absolute atomic E-state index is 9.83. The summed E-state index contributed by atoms with van der Waals surface area (Å²) in [6.07, 6.45) is 7.85. The van der Waals surface area contributed by atoms with Crippen molar-refractivity contribution < 1.29 is 5.11 Å². The molecule has 0 bridgehead atoms. The van der Waals surface area contributed by atoms with Crippen molar-refractivity contribution in [1.29, 1.82) is 0 Å². The van der Waals surface area contributed by atoms with Crippen LogP contribution in [0.5, 0.6) is 0 Å². The van der Waals surface area contributed by atoms with Gasteiger partial charge in [-0.25, -0.2) is 0 Å². The topological polar surface area (TPSA) is 32.3 Å². The number of aliphatic hydroxyl groups is 1. The summed E-state index contributed by atoms with van der Waals surface area (Å²) in [7, 11) is 0. The van der Waals surface area contributed by atoms with Crippen LogP contribution in [0.2, 0.25) is 0 Å². The lowest BCUT2D eigenvalue weighted by molar-refractivity contribution is 0.0416. The Labute approximate surface area is 99.8 Å². The van der Waals surface area contributed by atoms with E-state index in [1.54, 1.807) is 0 Å². The van der Waals surface area contributed by atoms with E-state index in [4.69, 9.17) is 0 Å². The van der Waals surface area contributed by atoms with Crippen LogP contribution >= 0.6 is 0 Å². The molecule has 2 aliphatic carbocycles. The van der Waals surface area contributed by atoms with Gasteiger partial charge in [0.1, 0.15) is 0 Å². The van der Waals surface area contributed by atoms with Gasteiger partial charge in [-0.3, -0.25) is 0 Å². The van der Waals surface area contributed by atoms with Crippen LogP contribution in [0.3, 0.4) is 0 Å². The van der Waals surface area contributed by atoms with E-state index < -0.39 is 0 Å². The molecule has 0 aromatic rings. The Kier molecular flexibility index (Phi) is 3.91. The third-order valence-corrected chi connectivity index (χ3v) is 4.62. The molecule has 0 radical (unpaired) electrons. The van der Waals surface area contributed by atoms with Gasteiger partial charge in [-0.15, -0.1) is 0 Å². The third kappa shape index (κ3) is 2.60. The Bertz CT molecular complexity index is 225. The molecule has 0 amide bonds. The minimum atomic E-state index is 0.0367. The van der Waals surface area contributed by atoms with Crippen molar-refractivity contribution in [3.63, 3.8) is 0 Å². The first-order valence-electron chi connectivity index (χ1n) is 7.04. The zero-order valence-corrected chi connectivity index (χ0v) is 10.8. The Hall–Kier alpha value is -0.0800. The fourth-order valence-corrected chi connectivity index (χ4v) is 3.38. The Morgan fingerprint density at radius 3 is 2.56 bits per heavy atom. The summed E-state index contributed by atoms with van der Waals surface area (Å²) >= 11 is 0. The summed E-state index contributed by atoms with van der Waals surface area (Å²) < 4.78 is 0. The predicted octanol–water partition coefficient (Wildman–Crippen LogP) is 2.56. The summed E-state index contributed by atoms with van der Waals surface area (Å²) in [6, 6.07) is 0. The highest BCUT2D eigenvalue weighted by atomic mass is 16.3. The lowest BCUT2D eigenvalue weighted by Gasteiger charge is -2.46. The van der Waals surface area contributed by atoms with E-state index in [2.05, 4.69) is 19.2 Å². The zero-order valence-electron chi connectivity index (χ0n) is 10.8. The van der Waals surface area contributed by atoms with Gasteiger partial charge >= 0.3 is 0 Å². The van der Waals surface area contributed by atoms with Crippen molar-refractivity contribution in [3.05, 3.63) is 0 Å². The van der Waals surface area contributed by atoms with Crippen molar-refractivity contribution in [1.82, 2.24) is 5.32 Å². The quantitative estimate of drug-likeness (QED) is 0.753. The van der Waals surface area contributed by atoms with Gasteiger partial charge in [0.15, 0.2) is 0 Å². The van der Waals surface area contributed by atoms with Gasteiger partial charge in [0.05, 0.1) is 6.61 Å². The van der Waals surface area contributed by atoms with Gasteiger partial charge in [0, 0.05) is 5.54 Å². The molecule has 0 spiro atoms. The van der Waals surface area contributed by atoms with Crippen LogP contribution in [0.15, 0.2) is 0 Å². The summed E-state index contributed by atoms with van der Waals surface area (Å²) in [5.41, 5.74) is 0.0367. The molecule has 2 atom stereocenters. The van der Waals surface area contributed by atoms with E-state index in [1.807, 2.05) is 0 Å². The van der Waals surface area contributed by atoms with Crippen LogP contribution in [0.1, 0.15) is 52.4 Å². The highest BCUT2D eigenvalue weighted by Gasteiger charge is 2.42. The number of hydrogen-bond acceptors (Lipinski definition) is 2. The average molecular weight is 225 g/mol. The first kappa shape index (κ1) is 12.4. The molecule has 2 N–H and O–H groups in total. The van der Waals surface area contributed by atoms with Crippen LogP contribution in [0, 0.1) is 17.8 Å². The summed E-state index contributed by atoms with van der Waals surface area (Å²) in [5.74, 6) is 2.24. The van der Waals surface area contributed by atoms with Crippen LogP contribution in [-0.4, -0.2) is 23.8 Å². The van der Waals surface area contributed by atoms with Crippen LogP contribution < -0.4 is 5.32 Å². The Morgan fingerprint density at radius 1 is 1.25 bits per heavy atom. The fraction of sp³-hybridized carbons (Fsp3) is 1.00. The van der Waals surface area contributed by atoms with Crippen LogP contribution in [0.25, 0.3) is 0 Å². The van der Waals surface area contributed by atoms with Gasteiger partial charge in [-0.2, -0.15) is 0 Å². The molecular formula is C14H27NO. The van der Waals surface area contributed by atoms with E-state index >= 15 is 0 Å². The SMILES string of the molecule is CC(C)C1CCCCC1(CO)NCC1CC1. The molecule has 2 fully saturated rings. The fourth-order valence-electron chi connectivity index (χ4n) is 3.38. The predicted molar refractivity (Wildman–Crippen MR) is 67.3 cm³/mol. The molecule has 2 unspecified atom stereocenters. The maximum Gasteiger partial charge on any atom is 0.0616 e. The monoisotopic (exact) mass is 225 g/mol. The minimum absolute atomic E-state index is 0.0367. The molecule has 2 rings (SSSR count). The molecule has 2 saturated carbocycles. The van der Waals surface area contributed by atoms with E-state index in [0.717, 1.165) is 12.5 Å². The van der Waals surface area contributed by atoms with E-state index in [-0.39, 0.29) is 5.54 Å². The summed E-state index contributed by atoms with van der Waals surface area (Å²) in [6.45, 7) is 6.06. The van der Waals surface area contributed by atoms with Crippen molar-refractivity contribution in [2.24, 2.45) is 17.8 Å². The second-order valence-electron chi connectivity index (χ2n) is 6.23. The summed E-state index contributed by atoms with van der Waals surface area (Å²) in [5, 5.41) is 13.6. The second-order valence-corrected chi connectivity index (χ2v) is 6.23. The first-order chi connectivity index (χ1) is 7.68. The van der Waals surface area contributed by atoms with E-state index in [0.29, 0.717) is 18.4 Å². The maximum atomic E-state index is 9.83. The van der Waals surface area contributed by atoms with Crippen molar-refractivity contribution >= 4 is 0 Å². The number of nitrogens with one attached hydrogen (secondary N) is 1. The molecule has 0 heterocycles. The normalized spacial score (nSPS) is 35.6. The Morgan fingerprint density at radius 2 is 2.00 bits per heavy atom. The van der Waals surface area contributed by atoms with Gasteiger partial charge in [-0.05, 0) is 50.0 Å². The largest absolute Gasteiger partial charge is 0.394 e. The molecule has 0 saturated heterocycles. The highest BCUT2D eigenvalue weighted by molar-refractivity contribution is 4.99.